The highest BCUT2D eigenvalue weighted by molar-refractivity contribution is 5.92. The van der Waals surface area contributed by atoms with E-state index in [1.807, 2.05) is 0 Å². The SMILES string of the molecule is CC(=O)OC(CC(=O)OCCCCCCCCCCCCCC(C)C)(CC(=O)OCCCCCCCCCCCCCC(C)C)C(=O)OCCCCCCCCCCCCCC(C)C. The molecule has 0 saturated heterocycles. The summed E-state index contributed by atoms with van der Waals surface area (Å²) < 4.78 is 22.3. The van der Waals surface area contributed by atoms with Crippen LogP contribution in [0.2, 0.25) is 0 Å². The number of esters is 4. The van der Waals surface area contributed by atoms with Gasteiger partial charge >= 0.3 is 23.9 Å². The summed E-state index contributed by atoms with van der Waals surface area (Å²) in [5, 5.41) is 0. The molecule has 0 radical (unpaired) electrons. The molecule has 378 valence electrons. The highest BCUT2D eigenvalue weighted by Gasteiger charge is 2.48. The van der Waals surface area contributed by atoms with Gasteiger partial charge in [0.25, 0.3) is 0 Å². The molecule has 0 atom stereocenters. The molecular weight excluding hydrogens is 801 g/mol. The Bertz CT molecular complexity index is 1030. The van der Waals surface area contributed by atoms with E-state index in [0.717, 1.165) is 62.7 Å². The van der Waals surface area contributed by atoms with Gasteiger partial charge in [-0.25, -0.2) is 4.79 Å². The summed E-state index contributed by atoms with van der Waals surface area (Å²) in [5.74, 6) is -0.644. The quantitative estimate of drug-likeness (QED) is 0.0338. The Kier molecular flexibility index (Phi) is 43.2. The van der Waals surface area contributed by atoms with Gasteiger partial charge in [-0.2, -0.15) is 0 Å². The zero-order valence-corrected chi connectivity index (χ0v) is 43.5. The van der Waals surface area contributed by atoms with E-state index in [4.69, 9.17) is 18.9 Å². The Labute approximate surface area is 396 Å². The van der Waals surface area contributed by atoms with Gasteiger partial charge in [0.2, 0.25) is 5.60 Å². The first-order chi connectivity index (χ1) is 30.9. The largest absolute Gasteiger partial charge is 0.466 e. The average molecular weight is 907 g/mol. The van der Waals surface area contributed by atoms with E-state index >= 15 is 0 Å². The molecule has 0 aliphatic rings. The van der Waals surface area contributed by atoms with Gasteiger partial charge in [-0.3, -0.25) is 14.4 Å². The van der Waals surface area contributed by atoms with E-state index in [0.29, 0.717) is 19.3 Å². The zero-order valence-electron chi connectivity index (χ0n) is 43.5. The van der Waals surface area contributed by atoms with Crippen LogP contribution in [-0.2, 0) is 38.1 Å². The molecule has 0 aromatic carbocycles. The smallest absolute Gasteiger partial charge is 0.351 e. The lowest BCUT2D eigenvalue weighted by Crippen LogP contribution is -2.48. The van der Waals surface area contributed by atoms with Crippen molar-refractivity contribution in [1.29, 1.82) is 0 Å². The van der Waals surface area contributed by atoms with Crippen molar-refractivity contribution in [2.75, 3.05) is 19.8 Å². The first-order valence-electron chi connectivity index (χ1n) is 27.6. The number of hydrogen-bond donors (Lipinski definition) is 0. The zero-order chi connectivity index (χ0) is 47.4. The molecule has 8 nitrogen and oxygen atoms in total. The summed E-state index contributed by atoms with van der Waals surface area (Å²) in [6.07, 6.45) is 41.9. The fraction of sp³-hybridized carbons (Fsp3) is 0.929. The maximum atomic E-state index is 13.7. The molecular formula is C56H106O8. The molecule has 0 aromatic heterocycles. The monoisotopic (exact) mass is 907 g/mol. The number of carbonyl (C=O) groups excluding carboxylic acids is 4. The predicted molar refractivity (Wildman–Crippen MR) is 267 cm³/mol. The van der Waals surface area contributed by atoms with Crippen LogP contribution in [0.25, 0.3) is 0 Å². The molecule has 0 aliphatic heterocycles. The molecule has 8 heteroatoms. The van der Waals surface area contributed by atoms with Crippen molar-refractivity contribution in [2.45, 2.75) is 298 Å². The lowest BCUT2D eigenvalue weighted by Gasteiger charge is -2.29. The van der Waals surface area contributed by atoms with Crippen molar-refractivity contribution in [3.8, 4) is 0 Å². The highest BCUT2D eigenvalue weighted by Crippen LogP contribution is 2.27. The molecule has 0 rings (SSSR count). The standard InChI is InChI=1S/C56H106O8/c1-49(2)41-35-29-23-17-11-8-14-20-26-32-38-44-61-53(58)47-56(64-52(7)57,55(60)63-46-40-34-28-22-16-10-13-19-25-31-37-43-51(5)6)48-54(59)62-45-39-33-27-21-15-9-12-18-24-30-36-42-50(3)4/h49-51H,8-48H2,1-7H3. The average Bonchev–Trinajstić information content (AvgIpc) is 3.23. The number of carbonyl (C=O) groups is 4. The second-order valence-electron chi connectivity index (χ2n) is 20.7. The highest BCUT2D eigenvalue weighted by atomic mass is 16.6. The van der Waals surface area contributed by atoms with E-state index < -0.39 is 42.3 Å². The Morgan fingerprint density at radius 3 is 0.781 bits per heavy atom. The van der Waals surface area contributed by atoms with Gasteiger partial charge in [-0.15, -0.1) is 0 Å². The Morgan fingerprint density at radius 1 is 0.328 bits per heavy atom. The van der Waals surface area contributed by atoms with Gasteiger partial charge in [0, 0.05) is 6.92 Å². The topological polar surface area (TPSA) is 105 Å². The predicted octanol–water partition coefficient (Wildman–Crippen LogP) is 16.7. The van der Waals surface area contributed by atoms with Gasteiger partial charge in [-0.1, -0.05) is 253 Å². The van der Waals surface area contributed by atoms with Crippen LogP contribution >= 0.6 is 0 Å². The molecule has 0 spiro atoms. The molecule has 0 amide bonds. The lowest BCUT2D eigenvalue weighted by atomic mass is 9.95. The van der Waals surface area contributed by atoms with Crippen LogP contribution in [0.4, 0.5) is 0 Å². The van der Waals surface area contributed by atoms with Crippen molar-refractivity contribution in [1.82, 2.24) is 0 Å². The third kappa shape index (κ3) is 42.5. The number of unbranched alkanes of at least 4 members (excludes halogenated alkanes) is 30. The van der Waals surface area contributed by atoms with E-state index in [1.54, 1.807) is 0 Å². The third-order valence-electron chi connectivity index (χ3n) is 12.6. The van der Waals surface area contributed by atoms with Crippen LogP contribution in [0.5, 0.6) is 0 Å². The maximum Gasteiger partial charge on any atom is 0.351 e. The number of hydrogen-bond acceptors (Lipinski definition) is 8. The maximum absolute atomic E-state index is 13.7. The van der Waals surface area contributed by atoms with Crippen LogP contribution in [0.15, 0.2) is 0 Å². The normalized spacial score (nSPS) is 11.8. The van der Waals surface area contributed by atoms with Gasteiger partial charge in [0.05, 0.1) is 32.7 Å². The van der Waals surface area contributed by atoms with Crippen molar-refractivity contribution in [3.63, 3.8) is 0 Å². The summed E-state index contributed by atoms with van der Waals surface area (Å²) >= 11 is 0. The fourth-order valence-electron chi connectivity index (χ4n) is 8.57. The van der Waals surface area contributed by atoms with Crippen LogP contribution in [0.1, 0.15) is 292 Å². The molecule has 0 unspecified atom stereocenters. The van der Waals surface area contributed by atoms with E-state index in [2.05, 4.69) is 41.5 Å². The van der Waals surface area contributed by atoms with Crippen LogP contribution in [-0.4, -0.2) is 49.3 Å². The first kappa shape index (κ1) is 61.9. The lowest BCUT2D eigenvalue weighted by molar-refractivity contribution is -0.190. The third-order valence-corrected chi connectivity index (χ3v) is 12.6. The molecule has 0 aliphatic carbocycles. The van der Waals surface area contributed by atoms with Crippen molar-refractivity contribution >= 4 is 23.9 Å². The molecule has 64 heavy (non-hydrogen) atoms. The van der Waals surface area contributed by atoms with Gasteiger partial charge in [0.1, 0.15) is 0 Å². The molecule has 0 N–H and O–H groups in total. The summed E-state index contributed by atoms with van der Waals surface area (Å²) in [5.41, 5.74) is -2.13. The molecule has 0 heterocycles. The number of ether oxygens (including phenoxy) is 4. The minimum Gasteiger partial charge on any atom is -0.466 e. The Balaban J connectivity index is 4.83. The van der Waals surface area contributed by atoms with E-state index in [9.17, 15) is 19.2 Å². The van der Waals surface area contributed by atoms with Gasteiger partial charge in [0.15, 0.2) is 0 Å². The van der Waals surface area contributed by atoms with Gasteiger partial charge in [-0.05, 0) is 37.0 Å². The fourth-order valence-corrected chi connectivity index (χ4v) is 8.57. The van der Waals surface area contributed by atoms with Crippen LogP contribution in [0, 0.1) is 17.8 Å². The summed E-state index contributed by atoms with van der Waals surface area (Å²) in [4.78, 5) is 52.6. The second-order valence-corrected chi connectivity index (χ2v) is 20.7. The molecule has 0 fully saturated rings. The van der Waals surface area contributed by atoms with Gasteiger partial charge < -0.3 is 18.9 Å². The Morgan fingerprint density at radius 2 is 0.547 bits per heavy atom. The molecule has 0 saturated carbocycles. The van der Waals surface area contributed by atoms with Crippen molar-refractivity contribution in [3.05, 3.63) is 0 Å². The van der Waals surface area contributed by atoms with Crippen molar-refractivity contribution in [2.24, 2.45) is 17.8 Å². The minimum absolute atomic E-state index is 0.124. The molecule has 0 aromatic rings. The van der Waals surface area contributed by atoms with Crippen LogP contribution in [0.3, 0.4) is 0 Å². The molecule has 0 bridgehead atoms. The van der Waals surface area contributed by atoms with Crippen LogP contribution < -0.4 is 0 Å². The summed E-state index contributed by atoms with van der Waals surface area (Å²) in [7, 11) is 0. The summed E-state index contributed by atoms with van der Waals surface area (Å²) in [6.45, 7) is 15.5. The first-order valence-corrected chi connectivity index (χ1v) is 27.6. The van der Waals surface area contributed by atoms with E-state index in [1.165, 1.54) is 174 Å². The Hall–Kier alpha value is -2.12. The summed E-state index contributed by atoms with van der Waals surface area (Å²) in [6, 6.07) is 0. The van der Waals surface area contributed by atoms with E-state index in [-0.39, 0.29) is 19.8 Å². The number of rotatable bonds is 48. The second kappa shape index (κ2) is 44.7. The minimum atomic E-state index is -2.13. The van der Waals surface area contributed by atoms with Crippen molar-refractivity contribution < 1.29 is 38.1 Å².